The first-order valence-electron chi connectivity index (χ1n) is 4.53. The summed E-state index contributed by atoms with van der Waals surface area (Å²) in [5, 5.41) is 0.718. The van der Waals surface area contributed by atoms with E-state index in [4.69, 9.17) is 22.5 Å². The molecule has 1 N–H and O–H groups in total. The van der Waals surface area contributed by atoms with E-state index in [1.54, 1.807) is 0 Å². The fraction of sp³-hybridized carbons (Fsp3) is 0.400. The van der Waals surface area contributed by atoms with Crippen LogP contribution in [0.1, 0.15) is 30.9 Å². The molecule has 1 rings (SSSR count). The molecule has 0 heterocycles. The number of hydrogen-bond donors (Lipinski definition) is 1. The third-order valence-electron chi connectivity index (χ3n) is 2.15. The maximum absolute atomic E-state index is 9.71. The Morgan fingerprint density at radius 3 is 2.29 bits per heavy atom. The Morgan fingerprint density at radius 1 is 1.29 bits per heavy atom. The zero-order chi connectivity index (χ0) is 10.9. The van der Waals surface area contributed by atoms with E-state index in [0.717, 1.165) is 16.4 Å². The van der Waals surface area contributed by atoms with Crippen LogP contribution in [-0.4, -0.2) is 4.89 Å². The van der Waals surface area contributed by atoms with Gasteiger partial charge >= 0.3 is 94.9 Å². The van der Waals surface area contributed by atoms with Crippen molar-refractivity contribution in [1.82, 2.24) is 0 Å². The van der Waals surface area contributed by atoms with Gasteiger partial charge in [-0.25, -0.2) is 0 Å². The summed E-state index contributed by atoms with van der Waals surface area (Å²) in [6.07, 6.45) is -3.23. The summed E-state index contributed by atoms with van der Waals surface area (Å²) in [5.41, 5.74) is 2.10. The van der Waals surface area contributed by atoms with Gasteiger partial charge in [-0.2, -0.15) is 0 Å². The van der Waals surface area contributed by atoms with E-state index in [1.165, 1.54) is 0 Å². The number of aryl methyl sites for hydroxylation is 1. The van der Waals surface area contributed by atoms with Crippen molar-refractivity contribution in [3.8, 4) is 0 Å². The standard InChI is InChI=1S/C10H15Cl2OP/c1-7(2)9-5-4-8(3)6-10(9)14(11,12)13/h4-7,13-14H,1-3H3. The van der Waals surface area contributed by atoms with Crippen molar-refractivity contribution < 1.29 is 4.89 Å². The molecular weight excluding hydrogens is 238 g/mol. The van der Waals surface area contributed by atoms with E-state index < -0.39 is 6.19 Å². The van der Waals surface area contributed by atoms with Crippen LogP contribution in [0.2, 0.25) is 0 Å². The van der Waals surface area contributed by atoms with Gasteiger partial charge in [-0.15, -0.1) is 0 Å². The Bertz CT molecular complexity index is 331. The molecular formula is C10H15Cl2OP. The summed E-state index contributed by atoms with van der Waals surface area (Å²) in [6.45, 7) is 6.08. The fourth-order valence-corrected chi connectivity index (χ4v) is 3.54. The van der Waals surface area contributed by atoms with Crippen LogP contribution in [-0.2, 0) is 0 Å². The zero-order valence-electron chi connectivity index (χ0n) is 8.51. The average Bonchev–Trinajstić information content (AvgIpc) is 2.01. The molecule has 80 valence electrons. The molecule has 0 spiro atoms. The predicted molar refractivity (Wildman–Crippen MR) is 67.1 cm³/mol. The van der Waals surface area contributed by atoms with Crippen LogP contribution >= 0.6 is 28.7 Å². The number of benzene rings is 1. The van der Waals surface area contributed by atoms with Gasteiger partial charge in [0.15, 0.2) is 0 Å². The Labute approximate surface area is 95.0 Å². The third-order valence-corrected chi connectivity index (χ3v) is 4.46. The molecule has 1 aromatic carbocycles. The van der Waals surface area contributed by atoms with Crippen LogP contribution < -0.4 is 5.30 Å². The van der Waals surface area contributed by atoms with E-state index in [0.29, 0.717) is 5.92 Å². The van der Waals surface area contributed by atoms with Gasteiger partial charge in [0.2, 0.25) is 0 Å². The molecule has 0 bridgehead atoms. The van der Waals surface area contributed by atoms with E-state index in [1.807, 2.05) is 25.1 Å². The summed E-state index contributed by atoms with van der Waals surface area (Å²) in [7, 11) is 0. The molecule has 1 nitrogen and oxygen atoms in total. The number of halogens is 2. The molecule has 0 radical (unpaired) electrons. The Hall–Kier alpha value is 0.190. The molecule has 0 aliphatic heterocycles. The van der Waals surface area contributed by atoms with Gasteiger partial charge in [0.25, 0.3) is 0 Å². The molecule has 0 atom stereocenters. The van der Waals surface area contributed by atoms with Gasteiger partial charge < -0.3 is 0 Å². The van der Waals surface area contributed by atoms with Gasteiger partial charge in [0.1, 0.15) is 0 Å². The molecule has 0 amide bonds. The van der Waals surface area contributed by atoms with Gasteiger partial charge in [0.05, 0.1) is 0 Å². The summed E-state index contributed by atoms with van der Waals surface area (Å²) < 4.78 is 0. The van der Waals surface area contributed by atoms with Crippen molar-refractivity contribution in [2.45, 2.75) is 26.7 Å². The Morgan fingerprint density at radius 2 is 1.86 bits per heavy atom. The van der Waals surface area contributed by atoms with Gasteiger partial charge in [-0.3, -0.25) is 0 Å². The fourth-order valence-electron chi connectivity index (χ4n) is 1.43. The Balaban J connectivity index is 3.30. The second-order valence-electron chi connectivity index (χ2n) is 3.79. The molecule has 4 heteroatoms. The van der Waals surface area contributed by atoms with Gasteiger partial charge in [0, 0.05) is 0 Å². The second-order valence-corrected chi connectivity index (χ2v) is 9.27. The molecule has 1 aromatic rings. The summed E-state index contributed by atoms with van der Waals surface area (Å²) >= 11 is 11.7. The van der Waals surface area contributed by atoms with E-state index in [2.05, 4.69) is 13.8 Å². The summed E-state index contributed by atoms with van der Waals surface area (Å²) in [6, 6.07) is 5.87. The predicted octanol–water partition coefficient (Wildman–Crippen LogP) is 3.71. The van der Waals surface area contributed by atoms with Crippen molar-refractivity contribution in [2.24, 2.45) is 0 Å². The SMILES string of the molecule is Cc1ccc(C(C)C)c([PH](O)(Cl)Cl)c1. The van der Waals surface area contributed by atoms with Crippen LogP contribution in [0, 0.1) is 6.92 Å². The zero-order valence-corrected chi connectivity index (χ0v) is 11.0. The van der Waals surface area contributed by atoms with Gasteiger partial charge in [-0.05, 0) is 0 Å². The van der Waals surface area contributed by atoms with Crippen LogP contribution in [0.4, 0.5) is 0 Å². The van der Waals surface area contributed by atoms with Crippen molar-refractivity contribution in [3.63, 3.8) is 0 Å². The summed E-state index contributed by atoms with van der Waals surface area (Å²) in [5.74, 6) is 0.321. The first kappa shape index (κ1) is 12.3. The number of hydrogen-bond acceptors (Lipinski definition) is 1. The second kappa shape index (κ2) is 4.37. The maximum atomic E-state index is 9.71. The Kier molecular flexibility index (Phi) is 3.82. The van der Waals surface area contributed by atoms with E-state index >= 15 is 0 Å². The average molecular weight is 253 g/mol. The first-order chi connectivity index (χ1) is 6.32. The topological polar surface area (TPSA) is 20.2 Å². The summed E-state index contributed by atoms with van der Waals surface area (Å²) in [4.78, 5) is 9.71. The molecule has 0 aliphatic rings. The quantitative estimate of drug-likeness (QED) is 0.796. The van der Waals surface area contributed by atoms with Crippen molar-refractivity contribution >= 4 is 34.0 Å². The minimum absolute atomic E-state index is 0.321. The molecule has 0 saturated carbocycles. The van der Waals surface area contributed by atoms with Crippen molar-refractivity contribution in [2.75, 3.05) is 0 Å². The van der Waals surface area contributed by atoms with Crippen molar-refractivity contribution in [3.05, 3.63) is 29.3 Å². The van der Waals surface area contributed by atoms with Crippen LogP contribution in [0.25, 0.3) is 0 Å². The molecule has 14 heavy (non-hydrogen) atoms. The van der Waals surface area contributed by atoms with Crippen LogP contribution in [0.3, 0.4) is 0 Å². The van der Waals surface area contributed by atoms with E-state index in [-0.39, 0.29) is 0 Å². The van der Waals surface area contributed by atoms with Crippen LogP contribution in [0.15, 0.2) is 18.2 Å². The number of rotatable bonds is 2. The monoisotopic (exact) mass is 252 g/mol. The normalized spacial score (nSPS) is 13.4. The molecule has 0 aromatic heterocycles. The van der Waals surface area contributed by atoms with E-state index in [9.17, 15) is 4.89 Å². The molecule has 0 unspecified atom stereocenters. The van der Waals surface area contributed by atoms with Gasteiger partial charge in [-0.1, -0.05) is 0 Å². The molecule has 0 aliphatic carbocycles. The first-order valence-corrected chi connectivity index (χ1v) is 8.50. The van der Waals surface area contributed by atoms with Crippen LogP contribution in [0.5, 0.6) is 0 Å². The molecule has 0 fully saturated rings. The third kappa shape index (κ3) is 2.84. The molecule has 0 saturated heterocycles. The van der Waals surface area contributed by atoms with Crippen molar-refractivity contribution in [1.29, 1.82) is 0 Å². The minimum atomic E-state index is -3.23.